The molecule has 0 aromatic heterocycles. The van der Waals surface area contributed by atoms with Crippen LogP contribution in [0.2, 0.25) is 0 Å². The van der Waals surface area contributed by atoms with Crippen LogP contribution in [-0.2, 0) is 9.47 Å². The van der Waals surface area contributed by atoms with Crippen molar-refractivity contribution < 1.29 is 19.4 Å². The lowest BCUT2D eigenvalue weighted by Crippen LogP contribution is -1.99. The summed E-state index contributed by atoms with van der Waals surface area (Å²) < 4.78 is 9.77. The van der Waals surface area contributed by atoms with Crippen molar-refractivity contribution in [2.45, 2.75) is 6.29 Å². The highest BCUT2D eigenvalue weighted by molar-refractivity contribution is 5.94. The van der Waals surface area contributed by atoms with E-state index in [1.807, 2.05) is 0 Å². The fourth-order valence-electron chi connectivity index (χ4n) is 1.33. The molecule has 4 heteroatoms. The van der Waals surface area contributed by atoms with Crippen molar-refractivity contribution in [3.8, 4) is 5.75 Å². The number of hydrogen-bond acceptors (Lipinski definition) is 4. The molecular formula is C9H8O4. The number of fused-ring (bicyclic) bond motifs is 1. The number of aromatic hydroxyl groups is 1. The van der Waals surface area contributed by atoms with E-state index in [0.717, 1.165) is 0 Å². The number of phenols is 1. The molecule has 1 aliphatic heterocycles. The number of benzene rings is 1. The first-order chi connectivity index (χ1) is 6.22. The van der Waals surface area contributed by atoms with Crippen LogP contribution >= 0.6 is 0 Å². The molecule has 1 aromatic carbocycles. The second-order valence-corrected chi connectivity index (χ2v) is 2.74. The van der Waals surface area contributed by atoms with Gasteiger partial charge in [-0.1, -0.05) is 0 Å². The minimum Gasteiger partial charge on any atom is -0.508 e. The molecular weight excluding hydrogens is 172 g/mol. The minimum atomic E-state index is -0.686. The van der Waals surface area contributed by atoms with E-state index in [0.29, 0.717) is 11.1 Å². The summed E-state index contributed by atoms with van der Waals surface area (Å²) in [5, 5.41) is 9.17. The Morgan fingerprint density at radius 3 is 3.00 bits per heavy atom. The van der Waals surface area contributed by atoms with Crippen LogP contribution < -0.4 is 0 Å². The summed E-state index contributed by atoms with van der Waals surface area (Å²) in [6.45, 7) is 0. The summed E-state index contributed by atoms with van der Waals surface area (Å²) in [5.74, 6) is -0.319. The molecule has 1 aromatic rings. The van der Waals surface area contributed by atoms with Crippen molar-refractivity contribution in [2.75, 3.05) is 7.11 Å². The summed E-state index contributed by atoms with van der Waals surface area (Å²) in [5.41, 5.74) is 1.03. The van der Waals surface area contributed by atoms with Crippen molar-refractivity contribution in [3.05, 3.63) is 29.3 Å². The van der Waals surface area contributed by atoms with E-state index in [9.17, 15) is 9.90 Å². The standard InChI is InChI=1S/C9H8O4/c1-12-9-7-4-5(10)2-3-6(7)8(11)13-9/h2-4,9-10H,1H3. The van der Waals surface area contributed by atoms with Gasteiger partial charge in [0.25, 0.3) is 0 Å². The molecule has 2 rings (SSSR count). The summed E-state index contributed by atoms with van der Waals surface area (Å²) >= 11 is 0. The summed E-state index contributed by atoms with van der Waals surface area (Å²) in [7, 11) is 1.44. The highest BCUT2D eigenvalue weighted by Crippen LogP contribution is 2.32. The van der Waals surface area contributed by atoms with Crippen molar-refractivity contribution >= 4 is 5.97 Å². The number of rotatable bonds is 1. The van der Waals surface area contributed by atoms with Crippen LogP contribution in [0.5, 0.6) is 5.75 Å². The average Bonchev–Trinajstić information content (AvgIpc) is 2.42. The van der Waals surface area contributed by atoms with E-state index in [1.165, 1.54) is 25.3 Å². The fourth-order valence-corrected chi connectivity index (χ4v) is 1.33. The molecule has 1 unspecified atom stereocenters. The normalized spacial score (nSPS) is 19.8. The van der Waals surface area contributed by atoms with Gasteiger partial charge >= 0.3 is 5.97 Å². The maximum absolute atomic E-state index is 11.2. The molecule has 1 N–H and O–H groups in total. The van der Waals surface area contributed by atoms with Gasteiger partial charge in [-0.2, -0.15) is 0 Å². The van der Waals surface area contributed by atoms with E-state index < -0.39 is 12.3 Å². The van der Waals surface area contributed by atoms with Gasteiger partial charge in [0.15, 0.2) is 0 Å². The number of carbonyl (C=O) groups is 1. The molecule has 0 radical (unpaired) electrons. The Balaban J connectivity index is 2.52. The Bertz CT molecular complexity index is 359. The quantitative estimate of drug-likeness (QED) is 0.660. The van der Waals surface area contributed by atoms with Gasteiger partial charge in [-0.05, 0) is 18.2 Å². The average molecular weight is 180 g/mol. The third-order valence-corrected chi connectivity index (χ3v) is 1.94. The lowest BCUT2D eigenvalue weighted by Gasteiger charge is -2.06. The van der Waals surface area contributed by atoms with Crippen LogP contribution in [0, 0.1) is 0 Å². The maximum atomic E-state index is 11.2. The van der Waals surface area contributed by atoms with Crippen LogP contribution in [0.3, 0.4) is 0 Å². The summed E-state index contributed by atoms with van der Waals surface area (Å²) in [4.78, 5) is 11.2. The van der Waals surface area contributed by atoms with E-state index in [2.05, 4.69) is 0 Å². The third kappa shape index (κ3) is 1.15. The van der Waals surface area contributed by atoms with Gasteiger partial charge < -0.3 is 14.6 Å². The fraction of sp³-hybridized carbons (Fsp3) is 0.222. The van der Waals surface area contributed by atoms with Gasteiger partial charge in [-0.25, -0.2) is 4.79 Å². The summed E-state index contributed by atoms with van der Waals surface area (Å²) in [6.07, 6.45) is -0.686. The zero-order valence-electron chi connectivity index (χ0n) is 6.98. The number of carbonyl (C=O) groups excluding carboxylic acids is 1. The molecule has 0 bridgehead atoms. The van der Waals surface area contributed by atoms with Crippen molar-refractivity contribution in [3.63, 3.8) is 0 Å². The van der Waals surface area contributed by atoms with Crippen molar-refractivity contribution in [2.24, 2.45) is 0 Å². The Kier molecular flexibility index (Phi) is 1.70. The van der Waals surface area contributed by atoms with E-state index in [4.69, 9.17) is 9.47 Å². The Hall–Kier alpha value is -1.55. The Labute approximate surface area is 74.7 Å². The molecule has 0 aliphatic carbocycles. The maximum Gasteiger partial charge on any atom is 0.341 e. The second-order valence-electron chi connectivity index (χ2n) is 2.74. The minimum absolute atomic E-state index is 0.0964. The first kappa shape index (κ1) is 8.07. The van der Waals surface area contributed by atoms with E-state index in [-0.39, 0.29) is 5.75 Å². The van der Waals surface area contributed by atoms with Crippen LogP contribution in [-0.4, -0.2) is 18.2 Å². The van der Waals surface area contributed by atoms with Gasteiger partial charge in [0, 0.05) is 12.7 Å². The topological polar surface area (TPSA) is 55.8 Å². The Morgan fingerprint density at radius 1 is 1.54 bits per heavy atom. The lowest BCUT2D eigenvalue weighted by atomic mass is 10.1. The predicted molar refractivity (Wildman–Crippen MR) is 43.3 cm³/mol. The van der Waals surface area contributed by atoms with Gasteiger partial charge in [-0.3, -0.25) is 0 Å². The van der Waals surface area contributed by atoms with E-state index >= 15 is 0 Å². The molecule has 0 amide bonds. The molecule has 1 atom stereocenters. The Morgan fingerprint density at radius 2 is 2.31 bits per heavy atom. The number of methoxy groups -OCH3 is 1. The first-order valence-corrected chi connectivity index (χ1v) is 3.79. The van der Waals surface area contributed by atoms with E-state index in [1.54, 1.807) is 0 Å². The highest BCUT2D eigenvalue weighted by atomic mass is 16.7. The monoisotopic (exact) mass is 180 g/mol. The smallest absolute Gasteiger partial charge is 0.341 e. The lowest BCUT2D eigenvalue weighted by molar-refractivity contribution is -0.0816. The third-order valence-electron chi connectivity index (χ3n) is 1.94. The number of ether oxygens (including phenoxy) is 2. The highest BCUT2D eigenvalue weighted by Gasteiger charge is 2.30. The molecule has 1 heterocycles. The first-order valence-electron chi connectivity index (χ1n) is 3.79. The van der Waals surface area contributed by atoms with Crippen molar-refractivity contribution in [1.82, 2.24) is 0 Å². The zero-order valence-corrected chi connectivity index (χ0v) is 6.98. The van der Waals surface area contributed by atoms with Gasteiger partial charge in [0.2, 0.25) is 6.29 Å². The molecule has 0 saturated heterocycles. The predicted octanol–water partition coefficient (Wildman–Crippen LogP) is 1.21. The van der Waals surface area contributed by atoms with Crippen LogP contribution in [0.15, 0.2) is 18.2 Å². The largest absolute Gasteiger partial charge is 0.508 e. The molecule has 0 spiro atoms. The van der Waals surface area contributed by atoms with Gasteiger partial charge in [0.1, 0.15) is 5.75 Å². The zero-order chi connectivity index (χ0) is 9.42. The molecule has 13 heavy (non-hydrogen) atoms. The molecule has 1 aliphatic rings. The second kappa shape index (κ2) is 2.74. The van der Waals surface area contributed by atoms with Gasteiger partial charge in [0.05, 0.1) is 5.56 Å². The number of cyclic esters (lactones) is 1. The molecule has 0 saturated carbocycles. The number of esters is 1. The van der Waals surface area contributed by atoms with Crippen molar-refractivity contribution in [1.29, 1.82) is 0 Å². The number of hydrogen-bond donors (Lipinski definition) is 1. The molecule has 4 nitrogen and oxygen atoms in total. The van der Waals surface area contributed by atoms with Gasteiger partial charge in [-0.15, -0.1) is 0 Å². The summed E-state index contributed by atoms with van der Waals surface area (Å²) in [6, 6.07) is 4.43. The van der Waals surface area contributed by atoms with Crippen LogP contribution in [0.4, 0.5) is 0 Å². The number of phenolic OH excluding ortho intramolecular Hbond substituents is 1. The molecule has 0 fully saturated rings. The molecule has 68 valence electrons. The van der Waals surface area contributed by atoms with Crippen LogP contribution in [0.1, 0.15) is 22.2 Å². The SMILES string of the molecule is COC1OC(=O)c2ccc(O)cc21. The van der Waals surface area contributed by atoms with Crippen LogP contribution in [0.25, 0.3) is 0 Å².